The van der Waals surface area contributed by atoms with Gasteiger partial charge in [-0.25, -0.2) is 0 Å². The number of ether oxygens (including phenoxy) is 2. The van der Waals surface area contributed by atoms with E-state index in [9.17, 15) is 5.11 Å². The van der Waals surface area contributed by atoms with Crippen LogP contribution in [0.4, 0.5) is 0 Å². The molecule has 2 aromatic rings. The van der Waals surface area contributed by atoms with Gasteiger partial charge in [-0.3, -0.25) is 0 Å². The molecule has 4 fully saturated rings. The normalized spacial score (nSPS) is 28.5. The summed E-state index contributed by atoms with van der Waals surface area (Å²) in [5.74, 6) is 1.95. The van der Waals surface area contributed by atoms with Crippen LogP contribution in [0.15, 0.2) is 60.7 Å². The fourth-order valence-corrected chi connectivity index (χ4v) is 5.79. The Bertz CT molecular complexity index is 836. The van der Waals surface area contributed by atoms with Crippen LogP contribution in [-0.2, 0) is 10.3 Å². The Balaban J connectivity index is 0.00000245. The molecule has 1 saturated carbocycles. The number of fused-ring (bicyclic) bond motifs is 3. The van der Waals surface area contributed by atoms with Crippen molar-refractivity contribution in [1.82, 2.24) is 0 Å². The van der Waals surface area contributed by atoms with Crippen LogP contribution in [0.5, 0.6) is 5.75 Å². The minimum absolute atomic E-state index is 0. The summed E-state index contributed by atoms with van der Waals surface area (Å²) in [5.41, 5.74) is 0.183. The molecule has 1 aliphatic carbocycles. The van der Waals surface area contributed by atoms with Gasteiger partial charge in [-0.05, 0) is 36.5 Å². The first-order valence-corrected chi connectivity index (χ1v) is 12.1. The zero-order chi connectivity index (χ0) is 21.2. The monoisotopic (exact) mass is 501 g/mol. The maximum Gasteiger partial charge on any atom is 0.119 e. The predicted molar refractivity (Wildman–Crippen MR) is 122 cm³/mol. The van der Waals surface area contributed by atoms with Crippen molar-refractivity contribution in [2.75, 3.05) is 39.4 Å². The van der Waals surface area contributed by atoms with Crippen molar-refractivity contribution in [1.29, 1.82) is 0 Å². The zero-order valence-electron chi connectivity index (χ0n) is 18.9. The summed E-state index contributed by atoms with van der Waals surface area (Å²) >= 11 is 0. The van der Waals surface area contributed by atoms with E-state index in [1.54, 1.807) is 0 Å². The van der Waals surface area contributed by atoms with Gasteiger partial charge in [-0.1, -0.05) is 48.5 Å². The van der Waals surface area contributed by atoms with Crippen LogP contribution >= 0.6 is 0 Å². The Morgan fingerprint density at radius 2 is 1.56 bits per heavy atom. The van der Waals surface area contributed by atoms with Crippen molar-refractivity contribution in [3.63, 3.8) is 0 Å². The topological polar surface area (TPSA) is 38.7 Å². The van der Waals surface area contributed by atoms with Gasteiger partial charge in [0.15, 0.2) is 0 Å². The first kappa shape index (κ1) is 23.7. The summed E-state index contributed by atoms with van der Waals surface area (Å²) < 4.78 is 13.6. The Morgan fingerprint density at radius 3 is 2.22 bits per heavy atom. The van der Waals surface area contributed by atoms with Gasteiger partial charge in [0.1, 0.15) is 24.0 Å². The molecule has 4 nitrogen and oxygen atoms in total. The van der Waals surface area contributed by atoms with Crippen LogP contribution in [-0.4, -0.2) is 55.1 Å². The number of piperidine rings is 3. The molecule has 3 heterocycles. The summed E-state index contributed by atoms with van der Waals surface area (Å²) in [4.78, 5) is 0. The van der Waals surface area contributed by atoms with E-state index in [4.69, 9.17) is 9.47 Å². The van der Waals surface area contributed by atoms with Crippen LogP contribution in [0.2, 0.25) is 0 Å². The second kappa shape index (κ2) is 10.3. The summed E-state index contributed by atoms with van der Waals surface area (Å²) in [6.07, 6.45) is 6.04. The maximum atomic E-state index is 11.5. The lowest BCUT2D eigenvalue weighted by Crippen LogP contribution is -3.00. The van der Waals surface area contributed by atoms with Crippen molar-refractivity contribution < 1.29 is 36.0 Å². The largest absolute Gasteiger partial charge is 1.00 e. The molecule has 2 aromatic carbocycles. The molecular formula is C27H36BrNO3. The Morgan fingerprint density at radius 1 is 0.906 bits per heavy atom. The second-order valence-electron chi connectivity index (χ2n) is 9.96. The first-order valence-electron chi connectivity index (χ1n) is 12.1. The van der Waals surface area contributed by atoms with E-state index in [0.29, 0.717) is 18.4 Å². The van der Waals surface area contributed by atoms with Crippen molar-refractivity contribution >= 4 is 0 Å². The van der Waals surface area contributed by atoms with E-state index in [1.807, 2.05) is 48.5 Å². The average Bonchev–Trinajstić information content (AvgIpc) is 3.69. The molecule has 1 unspecified atom stereocenters. The molecule has 0 radical (unpaired) electrons. The van der Waals surface area contributed by atoms with E-state index in [1.165, 1.54) is 25.9 Å². The summed E-state index contributed by atoms with van der Waals surface area (Å²) in [6, 6.07) is 20.3. The van der Waals surface area contributed by atoms with Crippen LogP contribution in [0.1, 0.15) is 37.7 Å². The third-order valence-electron chi connectivity index (χ3n) is 7.87. The van der Waals surface area contributed by atoms with Gasteiger partial charge in [0, 0.05) is 25.2 Å². The van der Waals surface area contributed by atoms with E-state index in [2.05, 4.69) is 12.1 Å². The summed E-state index contributed by atoms with van der Waals surface area (Å²) in [7, 11) is 0. The van der Waals surface area contributed by atoms with Crippen LogP contribution in [0.3, 0.4) is 0 Å². The van der Waals surface area contributed by atoms with Gasteiger partial charge in [-0.2, -0.15) is 0 Å². The third kappa shape index (κ3) is 5.22. The lowest BCUT2D eigenvalue weighted by Gasteiger charge is -2.52. The molecule has 0 aromatic heterocycles. The Labute approximate surface area is 202 Å². The number of benzene rings is 2. The average molecular weight is 502 g/mol. The lowest BCUT2D eigenvalue weighted by atomic mass is 9.82. The quantitative estimate of drug-likeness (QED) is 0.394. The van der Waals surface area contributed by atoms with Crippen LogP contribution in [0.25, 0.3) is 0 Å². The van der Waals surface area contributed by atoms with Gasteiger partial charge >= 0.3 is 0 Å². The van der Waals surface area contributed by atoms with Gasteiger partial charge in [-0.15, -0.1) is 0 Å². The van der Waals surface area contributed by atoms with E-state index >= 15 is 0 Å². The fraction of sp³-hybridized carbons (Fsp3) is 0.556. The number of quaternary nitrogens is 1. The number of hydrogen-bond acceptors (Lipinski definition) is 3. The number of nitrogens with zero attached hydrogens (tertiary/aromatic N) is 1. The SMILES string of the molecule is OC(CO[C@@H]1C[N+]2(CCCOc3ccccc3)CCC1CC2)(c1ccccc1)C1CC1.[Br-]. The predicted octanol–water partition coefficient (Wildman–Crippen LogP) is 1.38. The number of rotatable bonds is 10. The van der Waals surface area contributed by atoms with Gasteiger partial charge in [0.2, 0.25) is 0 Å². The first-order chi connectivity index (χ1) is 15.2. The smallest absolute Gasteiger partial charge is 0.119 e. The minimum Gasteiger partial charge on any atom is -1.00 e. The van der Waals surface area contributed by atoms with E-state index < -0.39 is 5.60 Å². The lowest BCUT2D eigenvalue weighted by molar-refractivity contribution is -0.946. The van der Waals surface area contributed by atoms with E-state index in [-0.39, 0.29) is 23.1 Å². The molecule has 3 aliphatic heterocycles. The zero-order valence-corrected chi connectivity index (χ0v) is 20.5. The Hall–Kier alpha value is -1.40. The van der Waals surface area contributed by atoms with Gasteiger partial charge < -0.3 is 36.0 Å². The molecule has 6 rings (SSSR count). The van der Waals surface area contributed by atoms with Crippen molar-refractivity contribution in [3.8, 4) is 5.75 Å². The fourth-order valence-electron chi connectivity index (χ4n) is 5.79. The Kier molecular flexibility index (Phi) is 7.61. The summed E-state index contributed by atoms with van der Waals surface area (Å²) in [5, 5.41) is 11.5. The molecular weight excluding hydrogens is 466 g/mol. The molecule has 5 heteroatoms. The number of halogens is 1. The third-order valence-corrected chi connectivity index (χ3v) is 7.87. The van der Waals surface area contributed by atoms with Gasteiger partial charge in [0.05, 0.1) is 32.8 Å². The molecule has 1 N–H and O–H groups in total. The highest BCUT2D eigenvalue weighted by Crippen LogP contribution is 2.46. The molecule has 0 amide bonds. The molecule has 174 valence electrons. The second-order valence-corrected chi connectivity index (χ2v) is 9.96. The molecule has 0 spiro atoms. The van der Waals surface area contributed by atoms with Crippen molar-refractivity contribution in [3.05, 3.63) is 66.2 Å². The maximum absolute atomic E-state index is 11.5. The number of aliphatic hydroxyl groups is 1. The molecule has 32 heavy (non-hydrogen) atoms. The highest BCUT2D eigenvalue weighted by molar-refractivity contribution is 5.25. The highest BCUT2D eigenvalue weighted by Gasteiger charge is 2.49. The molecule has 4 aliphatic rings. The van der Waals surface area contributed by atoms with Crippen LogP contribution < -0.4 is 21.7 Å². The highest BCUT2D eigenvalue weighted by atomic mass is 79.9. The number of hydrogen-bond donors (Lipinski definition) is 1. The van der Waals surface area contributed by atoms with Crippen molar-refractivity contribution in [2.45, 2.75) is 43.8 Å². The molecule has 2 bridgehead atoms. The van der Waals surface area contributed by atoms with Crippen molar-refractivity contribution in [2.24, 2.45) is 11.8 Å². The number of para-hydroxylation sites is 1. The van der Waals surface area contributed by atoms with E-state index in [0.717, 1.165) is 54.8 Å². The standard InChI is InChI=1S/C27H36NO3.BrH/c29-27(24-12-13-24,23-8-3-1-4-9-23)21-31-26-20-28(17-14-22(26)15-18-28)16-7-19-30-25-10-5-2-6-11-25;/h1-6,8-11,22,24,26,29H,7,12-21H2;1H/q+1;/p-1/t22?,26-,27?,28?;/m1./s1. The molecule has 2 atom stereocenters. The molecule has 3 saturated heterocycles. The van der Waals surface area contributed by atoms with Gasteiger partial charge in [0.25, 0.3) is 0 Å². The minimum atomic E-state index is -0.832. The summed E-state index contributed by atoms with van der Waals surface area (Å²) in [6.45, 7) is 5.98. The van der Waals surface area contributed by atoms with Crippen LogP contribution in [0, 0.1) is 11.8 Å².